The molecule has 0 bridgehead atoms. The molecule has 0 aliphatic carbocycles. The first-order chi connectivity index (χ1) is 9.19. The highest BCUT2D eigenvalue weighted by Crippen LogP contribution is 2.38. The molecule has 1 unspecified atom stereocenters. The van der Waals surface area contributed by atoms with E-state index in [1.54, 1.807) is 19.2 Å². The third kappa shape index (κ3) is 2.42. The van der Waals surface area contributed by atoms with Gasteiger partial charge in [-0.3, -0.25) is 4.79 Å². The van der Waals surface area contributed by atoms with Crippen LogP contribution in [0.2, 0.25) is 0 Å². The number of rotatable bonds is 3. The summed E-state index contributed by atoms with van der Waals surface area (Å²) >= 11 is 0. The van der Waals surface area contributed by atoms with Gasteiger partial charge in [0.05, 0.1) is 6.61 Å². The Morgan fingerprint density at radius 1 is 1.53 bits per heavy atom. The summed E-state index contributed by atoms with van der Waals surface area (Å²) in [5.41, 5.74) is 0.223. The predicted molar refractivity (Wildman–Crippen MR) is 68.8 cm³/mol. The van der Waals surface area contributed by atoms with Crippen LogP contribution < -0.4 is 4.74 Å². The lowest BCUT2D eigenvalue weighted by molar-refractivity contribution is -0.150. The maximum atomic E-state index is 12.2. The molecule has 2 aliphatic rings. The lowest BCUT2D eigenvalue weighted by atomic mass is 9.79. The number of ether oxygens (including phenoxy) is 2. The predicted octanol–water partition coefficient (Wildman–Crippen LogP) is 1.10. The minimum Gasteiger partial charge on any atom is -0.465 e. The number of pyridine rings is 1. The van der Waals surface area contributed by atoms with Crippen LogP contribution >= 0.6 is 0 Å². The standard InChI is InChI=1S/C14H18N2O3/c1-11(19-12-4-2-3-6-15-12)13(17)16-8-14(9-16)5-7-18-10-14/h2-4,6,11H,5,7-10H2,1H3. The van der Waals surface area contributed by atoms with Gasteiger partial charge in [-0.05, 0) is 19.4 Å². The Bertz CT molecular complexity index is 449. The van der Waals surface area contributed by atoms with Gasteiger partial charge in [0.25, 0.3) is 5.91 Å². The molecular formula is C14H18N2O3. The van der Waals surface area contributed by atoms with Crippen molar-refractivity contribution in [2.24, 2.45) is 5.41 Å². The van der Waals surface area contributed by atoms with Gasteiger partial charge in [0.1, 0.15) is 0 Å². The van der Waals surface area contributed by atoms with Crippen molar-refractivity contribution in [3.8, 4) is 5.88 Å². The van der Waals surface area contributed by atoms with E-state index in [9.17, 15) is 4.79 Å². The van der Waals surface area contributed by atoms with Crippen LogP contribution in [-0.4, -0.2) is 48.2 Å². The van der Waals surface area contributed by atoms with Crippen LogP contribution in [0.1, 0.15) is 13.3 Å². The Morgan fingerprint density at radius 2 is 2.37 bits per heavy atom. The van der Waals surface area contributed by atoms with Crippen molar-refractivity contribution in [2.45, 2.75) is 19.4 Å². The van der Waals surface area contributed by atoms with Crippen molar-refractivity contribution in [1.29, 1.82) is 0 Å². The van der Waals surface area contributed by atoms with E-state index in [0.29, 0.717) is 5.88 Å². The SMILES string of the molecule is CC(Oc1ccccn1)C(=O)N1CC2(CCOC2)C1. The van der Waals surface area contributed by atoms with Gasteiger partial charge >= 0.3 is 0 Å². The zero-order chi connectivity index (χ0) is 13.3. The summed E-state index contributed by atoms with van der Waals surface area (Å²) in [6.45, 7) is 4.96. The number of carbonyl (C=O) groups is 1. The molecule has 3 rings (SSSR count). The Morgan fingerprint density at radius 3 is 3.00 bits per heavy atom. The van der Waals surface area contributed by atoms with E-state index in [1.165, 1.54) is 0 Å². The topological polar surface area (TPSA) is 51.7 Å². The largest absolute Gasteiger partial charge is 0.465 e. The van der Waals surface area contributed by atoms with Crippen LogP contribution in [0.4, 0.5) is 0 Å². The normalized spacial score (nSPS) is 22.1. The minimum absolute atomic E-state index is 0.0307. The average Bonchev–Trinajstić information content (AvgIpc) is 2.87. The lowest BCUT2D eigenvalue weighted by Crippen LogP contribution is -2.61. The first kappa shape index (κ1) is 12.4. The van der Waals surface area contributed by atoms with Crippen LogP contribution in [0.15, 0.2) is 24.4 Å². The Labute approximate surface area is 112 Å². The summed E-state index contributed by atoms with van der Waals surface area (Å²) in [5, 5.41) is 0. The molecule has 3 heterocycles. The van der Waals surface area contributed by atoms with E-state index in [2.05, 4.69) is 4.98 Å². The number of carbonyl (C=O) groups excluding carboxylic acids is 1. The number of nitrogens with zero attached hydrogens (tertiary/aromatic N) is 2. The Kier molecular flexibility index (Phi) is 3.14. The summed E-state index contributed by atoms with van der Waals surface area (Å²) < 4.78 is 11.0. The number of aromatic nitrogens is 1. The summed E-state index contributed by atoms with van der Waals surface area (Å²) in [4.78, 5) is 18.1. The Hall–Kier alpha value is -1.62. The van der Waals surface area contributed by atoms with Gasteiger partial charge in [-0.25, -0.2) is 4.98 Å². The van der Waals surface area contributed by atoms with Crippen LogP contribution in [0.3, 0.4) is 0 Å². The molecule has 2 saturated heterocycles. The molecule has 1 spiro atoms. The average molecular weight is 262 g/mol. The number of hydrogen-bond donors (Lipinski definition) is 0. The molecule has 102 valence electrons. The van der Waals surface area contributed by atoms with Crippen molar-refractivity contribution in [1.82, 2.24) is 9.88 Å². The highest BCUT2D eigenvalue weighted by atomic mass is 16.5. The molecule has 19 heavy (non-hydrogen) atoms. The van der Waals surface area contributed by atoms with Gasteiger partial charge < -0.3 is 14.4 Å². The summed E-state index contributed by atoms with van der Waals surface area (Å²) in [5.74, 6) is 0.519. The fourth-order valence-electron chi connectivity index (χ4n) is 2.72. The van der Waals surface area contributed by atoms with Crippen molar-refractivity contribution in [3.05, 3.63) is 24.4 Å². The van der Waals surface area contributed by atoms with E-state index in [1.807, 2.05) is 17.0 Å². The quantitative estimate of drug-likeness (QED) is 0.818. The summed E-state index contributed by atoms with van der Waals surface area (Å²) in [7, 11) is 0. The second-order valence-electron chi connectivity index (χ2n) is 5.42. The molecule has 2 fully saturated rings. The number of likely N-dealkylation sites (tertiary alicyclic amines) is 1. The molecule has 1 aromatic heterocycles. The van der Waals surface area contributed by atoms with E-state index in [4.69, 9.17) is 9.47 Å². The smallest absolute Gasteiger partial charge is 0.263 e. The van der Waals surface area contributed by atoms with Crippen molar-refractivity contribution in [2.75, 3.05) is 26.3 Å². The number of amides is 1. The number of hydrogen-bond acceptors (Lipinski definition) is 4. The molecule has 2 aliphatic heterocycles. The van der Waals surface area contributed by atoms with Gasteiger partial charge in [0.2, 0.25) is 5.88 Å². The highest BCUT2D eigenvalue weighted by Gasteiger charge is 2.48. The fourth-order valence-corrected chi connectivity index (χ4v) is 2.72. The van der Waals surface area contributed by atoms with Crippen LogP contribution in [0, 0.1) is 5.41 Å². The van der Waals surface area contributed by atoms with E-state index in [0.717, 1.165) is 32.7 Å². The van der Waals surface area contributed by atoms with Gasteiger partial charge in [0.15, 0.2) is 6.10 Å². The zero-order valence-corrected chi connectivity index (χ0v) is 11.0. The van der Waals surface area contributed by atoms with Gasteiger partial charge in [0, 0.05) is 37.4 Å². The highest BCUT2D eigenvalue weighted by molar-refractivity contribution is 5.81. The molecule has 1 aromatic rings. The van der Waals surface area contributed by atoms with Crippen molar-refractivity contribution >= 4 is 5.91 Å². The molecule has 1 atom stereocenters. The summed E-state index contributed by atoms with van der Waals surface area (Å²) in [6.07, 6.45) is 2.22. The molecule has 0 aromatic carbocycles. The Balaban J connectivity index is 1.53. The van der Waals surface area contributed by atoms with Gasteiger partial charge in [-0.2, -0.15) is 0 Å². The monoisotopic (exact) mass is 262 g/mol. The molecule has 0 saturated carbocycles. The lowest BCUT2D eigenvalue weighted by Gasteiger charge is -2.47. The molecule has 5 heteroatoms. The second kappa shape index (κ2) is 4.81. The van der Waals surface area contributed by atoms with Crippen LogP contribution in [-0.2, 0) is 9.53 Å². The molecular weight excluding hydrogens is 244 g/mol. The third-order valence-corrected chi connectivity index (χ3v) is 3.83. The van der Waals surface area contributed by atoms with E-state index >= 15 is 0 Å². The van der Waals surface area contributed by atoms with E-state index < -0.39 is 6.10 Å². The zero-order valence-electron chi connectivity index (χ0n) is 11.0. The second-order valence-corrected chi connectivity index (χ2v) is 5.42. The van der Waals surface area contributed by atoms with Crippen LogP contribution in [0.5, 0.6) is 5.88 Å². The van der Waals surface area contributed by atoms with Gasteiger partial charge in [-0.1, -0.05) is 6.07 Å². The van der Waals surface area contributed by atoms with Crippen LogP contribution in [0.25, 0.3) is 0 Å². The maximum absolute atomic E-state index is 12.2. The van der Waals surface area contributed by atoms with Crippen molar-refractivity contribution < 1.29 is 14.3 Å². The minimum atomic E-state index is -0.491. The van der Waals surface area contributed by atoms with Crippen molar-refractivity contribution in [3.63, 3.8) is 0 Å². The molecule has 0 N–H and O–H groups in total. The third-order valence-electron chi connectivity index (χ3n) is 3.83. The fraction of sp³-hybridized carbons (Fsp3) is 0.571. The molecule has 5 nitrogen and oxygen atoms in total. The molecule has 1 amide bonds. The summed E-state index contributed by atoms with van der Waals surface area (Å²) in [6, 6.07) is 5.42. The van der Waals surface area contributed by atoms with E-state index in [-0.39, 0.29) is 11.3 Å². The first-order valence-electron chi connectivity index (χ1n) is 6.63. The van der Waals surface area contributed by atoms with Gasteiger partial charge in [-0.15, -0.1) is 0 Å². The molecule has 0 radical (unpaired) electrons. The maximum Gasteiger partial charge on any atom is 0.263 e. The first-order valence-corrected chi connectivity index (χ1v) is 6.63.